The molecule has 1 aromatic heterocycles. The molecule has 2 aliphatic heterocycles. The van der Waals surface area contributed by atoms with Crippen LogP contribution in [0.2, 0.25) is 0 Å². The Morgan fingerprint density at radius 3 is 2.29 bits per heavy atom. The molecule has 9 rings (SSSR count). The number of nitrogens with zero attached hydrogens (tertiary/aromatic N) is 2. The van der Waals surface area contributed by atoms with E-state index in [0.717, 1.165) is 31.5 Å². The highest BCUT2D eigenvalue weighted by molar-refractivity contribution is 5.94. The van der Waals surface area contributed by atoms with Crippen LogP contribution in [0.25, 0.3) is 22.3 Å². The van der Waals surface area contributed by atoms with Gasteiger partial charge in [-0.05, 0) is 91.7 Å². The Hall–Kier alpha value is -4.17. The molecule has 0 saturated carbocycles. The van der Waals surface area contributed by atoms with Crippen molar-refractivity contribution in [1.29, 1.82) is 0 Å². The predicted octanol–water partition coefficient (Wildman–Crippen LogP) is 7.50. The summed E-state index contributed by atoms with van der Waals surface area (Å²) in [5, 5.41) is 0. The maximum Gasteiger partial charge on any atom is 0.141 e. The third-order valence-corrected chi connectivity index (χ3v) is 8.54. The fourth-order valence-corrected chi connectivity index (χ4v) is 7.10. The molecular formula is C33H22N2. The average molecular weight is 447 g/mol. The van der Waals surface area contributed by atoms with Gasteiger partial charge in [0, 0.05) is 19.0 Å². The summed E-state index contributed by atoms with van der Waals surface area (Å²) >= 11 is 0. The quantitative estimate of drug-likeness (QED) is 0.240. The number of para-hydroxylation sites is 1. The third-order valence-electron chi connectivity index (χ3n) is 8.54. The number of anilines is 3. The highest BCUT2D eigenvalue weighted by atomic mass is 15.2. The van der Waals surface area contributed by atoms with Crippen LogP contribution in [-0.4, -0.2) is 4.98 Å². The minimum Gasteiger partial charge on any atom is -0.294 e. The zero-order chi connectivity index (χ0) is 22.7. The van der Waals surface area contributed by atoms with E-state index in [9.17, 15) is 0 Å². The van der Waals surface area contributed by atoms with Crippen molar-refractivity contribution >= 4 is 17.2 Å². The number of aromatic nitrogens is 1. The second-order valence-corrected chi connectivity index (χ2v) is 10.4. The van der Waals surface area contributed by atoms with Crippen LogP contribution in [0.5, 0.6) is 0 Å². The Bertz CT molecular complexity index is 1760. The number of rotatable bonds is 0. The van der Waals surface area contributed by atoms with Crippen LogP contribution in [0.3, 0.4) is 0 Å². The van der Waals surface area contributed by atoms with Gasteiger partial charge in [0.15, 0.2) is 0 Å². The molecule has 0 bridgehead atoms. The molecule has 0 fully saturated rings. The zero-order valence-electron chi connectivity index (χ0n) is 19.3. The second-order valence-electron chi connectivity index (χ2n) is 10.4. The molecule has 0 amide bonds. The standard InChI is InChI=1S/C33H22N2/c1-2-9-26-19(5-1)13-20-10-11-27-28-18-30-25(16-24(28)17-29(27)31(20)26)15-22-7-3-6-21-14-23-8-4-12-34-33(23)35(30)32(21)22/h1-12,16,18H,13-15,17H2. The van der Waals surface area contributed by atoms with Crippen LogP contribution in [0.15, 0.2) is 85.1 Å². The van der Waals surface area contributed by atoms with Crippen LogP contribution in [0, 0.1) is 0 Å². The Morgan fingerprint density at radius 2 is 1.34 bits per heavy atom. The lowest BCUT2D eigenvalue weighted by molar-refractivity contribution is 0.980. The molecular weight excluding hydrogens is 424 g/mol. The summed E-state index contributed by atoms with van der Waals surface area (Å²) < 4.78 is 0. The Balaban J connectivity index is 1.28. The van der Waals surface area contributed by atoms with Gasteiger partial charge < -0.3 is 0 Å². The third kappa shape index (κ3) is 2.27. The molecule has 0 N–H and O–H groups in total. The highest BCUT2D eigenvalue weighted by Crippen LogP contribution is 2.53. The van der Waals surface area contributed by atoms with Crippen molar-refractivity contribution in [3.8, 4) is 22.3 Å². The zero-order valence-corrected chi connectivity index (χ0v) is 19.3. The van der Waals surface area contributed by atoms with E-state index in [-0.39, 0.29) is 0 Å². The van der Waals surface area contributed by atoms with Crippen molar-refractivity contribution in [2.45, 2.75) is 25.7 Å². The molecule has 4 aromatic carbocycles. The smallest absolute Gasteiger partial charge is 0.141 e. The molecule has 5 aromatic rings. The first kappa shape index (κ1) is 18.2. The fraction of sp³-hybridized carbons (Fsp3) is 0.121. The number of pyridine rings is 1. The van der Waals surface area contributed by atoms with E-state index >= 15 is 0 Å². The van der Waals surface area contributed by atoms with E-state index in [1.54, 1.807) is 0 Å². The monoisotopic (exact) mass is 446 g/mol. The average Bonchev–Trinajstić information content (AvgIpc) is 3.45. The minimum absolute atomic E-state index is 0.956. The molecule has 4 aliphatic rings. The number of fused-ring (bicyclic) bond motifs is 11. The maximum atomic E-state index is 4.88. The van der Waals surface area contributed by atoms with Gasteiger partial charge in [0.25, 0.3) is 0 Å². The molecule has 0 radical (unpaired) electrons. The van der Waals surface area contributed by atoms with Gasteiger partial charge in [-0.25, -0.2) is 4.98 Å². The largest absolute Gasteiger partial charge is 0.294 e. The predicted molar refractivity (Wildman–Crippen MR) is 141 cm³/mol. The molecule has 0 atom stereocenters. The number of hydrogen-bond donors (Lipinski definition) is 0. The lowest BCUT2D eigenvalue weighted by Gasteiger charge is -2.38. The summed E-state index contributed by atoms with van der Waals surface area (Å²) in [7, 11) is 0. The summed E-state index contributed by atoms with van der Waals surface area (Å²) in [5.74, 6) is 1.09. The van der Waals surface area contributed by atoms with Crippen LogP contribution in [-0.2, 0) is 25.7 Å². The van der Waals surface area contributed by atoms with Crippen LogP contribution in [0.1, 0.15) is 44.5 Å². The van der Waals surface area contributed by atoms with Gasteiger partial charge >= 0.3 is 0 Å². The summed E-state index contributed by atoms with van der Waals surface area (Å²) in [5.41, 5.74) is 19.9. The van der Waals surface area contributed by atoms with E-state index in [2.05, 4.69) is 83.8 Å². The Morgan fingerprint density at radius 1 is 0.543 bits per heavy atom. The van der Waals surface area contributed by atoms with E-state index in [4.69, 9.17) is 4.98 Å². The van der Waals surface area contributed by atoms with E-state index in [1.807, 2.05) is 6.20 Å². The van der Waals surface area contributed by atoms with Crippen LogP contribution < -0.4 is 4.90 Å². The van der Waals surface area contributed by atoms with Gasteiger partial charge in [-0.15, -0.1) is 0 Å². The van der Waals surface area contributed by atoms with Crippen LogP contribution >= 0.6 is 0 Å². The summed E-state index contributed by atoms with van der Waals surface area (Å²) in [6.45, 7) is 0. The highest BCUT2D eigenvalue weighted by Gasteiger charge is 2.35. The molecule has 2 nitrogen and oxygen atoms in total. The summed E-state index contributed by atoms with van der Waals surface area (Å²) in [6, 6.07) is 29.8. The van der Waals surface area contributed by atoms with Crippen molar-refractivity contribution < 1.29 is 0 Å². The molecule has 2 heteroatoms. The topological polar surface area (TPSA) is 16.1 Å². The van der Waals surface area contributed by atoms with Crippen molar-refractivity contribution in [3.05, 3.63) is 130 Å². The number of benzene rings is 4. The molecule has 164 valence electrons. The first-order valence-electron chi connectivity index (χ1n) is 12.6. The maximum absolute atomic E-state index is 4.88. The van der Waals surface area contributed by atoms with Gasteiger partial charge in [0.05, 0.1) is 11.4 Å². The van der Waals surface area contributed by atoms with Crippen molar-refractivity contribution in [2.24, 2.45) is 0 Å². The van der Waals surface area contributed by atoms with E-state index < -0.39 is 0 Å². The van der Waals surface area contributed by atoms with E-state index in [0.29, 0.717) is 0 Å². The molecule has 0 saturated heterocycles. The first-order chi connectivity index (χ1) is 17.3. The molecule has 3 heterocycles. The second kappa shape index (κ2) is 6.28. The van der Waals surface area contributed by atoms with Crippen LogP contribution in [0.4, 0.5) is 17.2 Å². The fourth-order valence-electron chi connectivity index (χ4n) is 7.10. The van der Waals surface area contributed by atoms with Gasteiger partial charge in [-0.3, -0.25) is 4.90 Å². The van der Waals surface area contributed by atoms with Gasteiger partial charge in [-0.1, -0.05) is 66.7 Å². The van der Waals surface area contributed by atoms with Crippen molar-refractivity contribution in [1.82, 2.24) is 4.98 Å². The van der Waals surface area contributed by atoms with Gasteiger partial charge in [0.1, 0.15) is 5.82 Å². The Labute approximate surface area is 204 Å². The van der Waals surface area contributed by atoms with Gasteiger partial charge in [-0.2, -0.15) is 0 Å². The normalized spacial score (nSPS) is 14.9. The lowest BCUT2D eigenvalue weighted by Crippen LogP contribution is -2.25. The molecule has 35 heavy (non-hydrogen) atoms. The number of hydrogen-bond acceptors (Lipinski definition) is 2. The minimum atomic E-state index is 0.956. The van der Waals surface area contributed by atoms with Crippen molar-refractivity contribution in [3.63, 3.8) is 0 Å². The molecule has 2 aliphatic carbocycles. The summed E-state index contributed by atoms with van der Waals surface area (Å²) in [6.07, 6.45) is 5.96. The SMILES string of the molecule is c1ccc2c(c1)Cc1ccc3c(c1-2)Cc1cc2c(cc1-3)N1c3ncccc3Cc3cccc(c31)C2. The molecule has 0 spiro atoms. The van der Waals surface area contributed by atoms with Crippen molar-refractivity contribution in [2.75, 3.05) is 4.90 Å². The lowest BCUT2D eigenvalue weighted by atomic mass is 9.86. The van der Waals surface area contributed by atoms with E-state index in [1.165, 1.54) is 78.1 Å². The first-order valence-corrected chi connectivity index (χ1v) is 12.6. The Kier molecular flexibility index (Phi) is 3.27. The summed E-state index contributed by atoms with van der Waals surface area (Å²) in [4.78, 5) is 7.33. The molecule has 0 unspecified atom stereocenters. The van der Waals surface area contributed by atoms with Gasteiger partial charge in [0.2, 0.25) is 0 Å².